The van der Waals surface area contributed by atoms with E-state index in [0.29, 0.717) is 25.4 Å². The van der Waals surface area contributed by atoms with E-state index in [1.807, 2.05) is 52.3 Å². The lowest BCUT2D eigenvalue weighted by Crippen LogP contribution is -2.34. The van der Waals surface area contributed by atoms with E-state index in [1.165, 1.54) is 0 Å². The van der Waals surface area contributed by atoms with Gasteiger partial charge in [0.15, 0.2) is 0 Å². The molecule has 1 saturated carbocycles. The first-order valence-corrected chi connectivity index (χ1v) is 9.29. The van der Waals surface area contributed by atoms with Gasteiger partial charge in [0.05, 0.1) is 18.7 Å². The number of hydrogen-bond donors (Lipinski definition) is 0. The number of amides is 2. The predicted molar refractivity (Wildman–Crippen MR) is 99.5 cm³/mol. The quantitative estimate of drug-likeness (QED) is 0.806. The van der Waals surface area contributed by atoms with Crippen LogP contribution >= 0.6 is 0 Å². The molecule has 0 unspecified atom stereocenters. The van der Waals surface area contributed by atoms with Gasteiger partial charge in [-0.2, -0.15) is 0 Å². The molecular weight excluding hydrogens is 326 g/mol. The fraction of sp³-hybridized carbons (Fsp3) is 0.381. The summed E-state index contributed by atoms with van der Waals surface area (Å²) in [6.45, 7) is 1.33. The average Bonchev–Trinajstić information content (AvgIpc) is 3.41. The summed E-state index contributed by atoms with van der Waals surface area (Å²) in [5, 5.41) is 0. The fourth-order valence-corrected chi connectivity index (χ4v) is 3.50. The number of pyridine rings is 1. The van der Waals surface area contributed by atoms with E-state index in [9.17, 15) is 9.59 Å². The molecule has 0 atom stereocenters. The predicted octanol–water partition coefficient (Wildman–Crippen LogP) is 2.94. The number of anilines is 1. The van der Waals surface area contributed by atoms with Crippen molar-refractivity contribution in [2.75, 3.05) is 11.4 Å². The van der Waals surface area contributed by atoms with Crippen LogP contribution in [0.15, 0.2) is 48.7 Å². The number of benzene rings is 1. The standard InChI is InChI=1S/C21H23N3O2/c25-20-8-4-12-23(20)19-7-3-5-16(13-19)14-21(26)24(18-9-10-18)15-17-6-1-2-11-22-17/h1-3,5-7,11,13,18H,4,8-10,12,14-15H2. The molecule has 2 aromatic rings. The highest BCUT2D eigenvalue weighted by atomic mass is 16.2. The minimum absolute atomic E-state index is 0.128. The zero-order valence-electron chi connectivity index (χ0n) is 14.8. The lowest BCUT2D eigenvalue weighted by atomic mass is 10.1. The van der Waals surface area contributed by atoms with Gasteiger partial charge in [0.25, 0.3) is 0 Å². The van der Waals surface area contributed by atoms with Crippen LogP contribution in [0.1, 0.15) is 36.9 Å². The summed E-state index contributed by atoms with van der Waals surface area (Å²) in [4.78, 5) is 33.0. The Morgan fingerprint density at radius 2 is 2.08 bits per heavy atom. The van der Waals surface area contributed by atoms with Gasteiger partial charge in [-0.05, 0) is 49.1 Å². The zero-order chi connectivity index (χ0) is 17.9. The zero-order valence-corrected chi connectivity index (χ0v) is 14.8. The van der Waals surface area contributed by atoms with Crippen molar-refractivity contribution in [3.8, 4) is 0 Å². The van der Waals surface area contributed by atoms with Crippen LogP contribution in [-0.2, 0) is 22.6 Å². The van der Waals surface area contributed by atoms with E-state index >= 15 is 0 Å². The van der Waals surface area contributed by atoms with E-state index < -0.39 is 0 Å². The van der Waals surface area contributed by atoms with Crippen LogP contribution in [0.5, 0.6) is 0 Å². The van der Waals surface area contributed by atoms with E-state index in [4.69, 9.17) is 0 Å². The summed E-state index contributed by atoms with van der Waals surface area (Å²) >= 11 is 0. The van der Waals surface area contributed by atoms with Gasteiger partial charge >= 0.3 is 0 Å². The molecule has 1 aromatic heterocycles. The van der Waals surface area contributed by atoms with Gasteiger partial charge in [-0.1, -0.05) is 18.2 Å². The fourth-order valence-electron chi connectivity index (χ4n) is 3.50. The highest BCUT2D eigenvalue weighted by Crippen LogP contribution is 2.29. The molecule has 1 aliphatic carbocycles. The third-order valence-electron chi connectivity index (χ3n) is 5.02. The van der Waals surface area contributed by atoms with E-state index in [-0.39, 0.29) is 11.8 Å². The Labute approximate surface area is 153 Å². The molecule has 4 rings (SSSR count). The highest BCUT2D eigenvalue weighted by molar-refractivity contribution is 5.95. The third-order valence-corrected chi connectivity index (χ3v) is 5.02. The van der Waals surface area contributed by atoms with Crippen LogP contribution in [0.3, 0.4) is 0 Å². The summed E-state index contributed by atoms with van der Waals surface area (Å²) in [7, 11) is 0. The van der Waals surface area contributed by atoms with Crippen molar-refractivity contribution >= 4 is 17.5 Å². The molecule has 134 valence electrons. The molecule has 2 aliphatic rings. The smallest absolute Gasteiger partial charge is 0.227 e. The van der Waals surface area contributed by atoms with Crippen molar-refractivity contribution in [2.24, 2.45) is 0 Å². The van der Waals surface area contributed by atoms with Crippen molar-refractivity contribution in [1.29, 1.82) is 0 Å². The maximum absolute atomic E-state index is 12.9. The lowest BCUT2D eigenvalue weighted by Gasteiger charge is -2.23. The van der Waals surface area contributed by atoms with Gasteiger partial charge < -0.3 is 9.80 Å². The van der Waals surface area contributed by atoms with Crippen LogP contribution in [-0.4, -0.2) is 34.3 Å². The van der Waals surface area contributed by atoms with Gasteiger partial charge in [0.1, 0.15) is 0 Å². The van der Waals surface area contributed by atoms with Crippen molar-refractivity contribution in [1.82, 2.24) is 9.88 Å². The SMILES string of the molecule is O=C1CCCN1c1cccc(CC(=O)N(Cc2ccccn2)C2CC2)c1. The second kappa shape index (κ2) is 7.28. The Balaban J connectivity index is 1.47. The molecular formula is C21H23N3O2. The Hall–Kier alpha value is -2.69. The maximum Gasteiger partial charge on any atom is 0.227 e. The van der Waals surface area contributed by atoms with Crippen LogP contribution in [0.2, 0.25) is 0 Å². The molecule has 5 heteroatoms. The first-order valence-electron chi connectivity index (χ1n) is 9.29. The summed E-state index contributed by atoms with van der Waals surface area (Å²) in [6.07, 6.45) is 5.78. The minimum atomic E-state index is 0.128. The Kier molecular flexibility index (Phi) is 4.69. The largest absolute Gasteiger partial charge is 0.334 e. The van der Waals surface area contributed by atoms with E-state index in [1.54, 1.807) is 6.20 Å². The second-order valence-electron chi connectivity index (χ2n) is 7.07. The summed E-state index contributed by atoms with van der Waals surface area (Å²) in [5.41, 5.74) is 2.78. The number of hydrogen-bond acceptors (Lipinski definition) is 3. The van der Waals surface area contributed by atoms with Gasteiger partial charge in [-0.25, -0.2) is 0 Å². The Morgan fingerprint density at radius 1 is 1.19 bits per heavy atom. The molecule has 0 bridgehead atoms. The van der Waals surface area contributed by atoms with Crippen LogP contribution < -0.4 is 4.90 Å². The molecule has 5 nitrogen and oxygen atoms in total. The van der Waals surface area contributed by atoms with Crippen LogP contribution in [0, 0.1) is 0 Å². The number of nitrogens with zero attached hydrogens (tertiary/aromatic N) is 3. The van der Waals surface area contributed by atoms with Crippen molar-refractivity contribution in [2.45, 2.75) is 44.7 Å². The second-order valence-corrected chi connectivity index (χ2v) is 7.07. The molecule has 2 amide bonds. The van der Waals surface area contributed by atoms with Crippen molar-refractivity contribution < 1.29 is 9.59 Å². The average molecular weight is 349 g/mol. The first kappa shape index (κ1) is 16.8. The van der Waals surface area contributed by atoms with Crippen LogP contribution in [0.25, 0.3) is 0 Å². The van der Waals surface area contributed by atoms with Gasteiger partial charge in [0.2, 0.25) is 11.8 Å². The molecule has 26 heavy (non-hydrogen) atoms. The molecule has 1 aromatic carbocycles. The first-order chi connectivity index (χ1) is 12.7. The molecule has 0 N–H and O–H groups in total. The molecule has 0 radical (unpaired) electrons. The molecule has 2 fully saturated rings. The highest BCUT2D eigenvalue weighted by Gasteiger charge is 2.32. The van der Waals surface area contributed by atoms with Crippen molar-refractivity contribution in [3.63, 3.8) is 0 Å². The Morgan fingerprint density at radius 3 is 2.77 bits per heavy atom. The maximum atomic E-state index is 12.9. The minimum Gasteiger partial charge on any atom is -0.334 e. The van der Waals surface area contributed by atoms with Gasteiger partial charge in [-0.3, -0.25) is 14.6 Å². The molecule has 1 saturated heterocycles. The summed E-state index contributed by atoms with van der Waals surface area (Å²) in [5.74, 6) is 0.297. The number of aromatic nitrogens is 1. The topological polar surface area (TPSA) is 53.5 Å². The number of carbonyl (C=O) groups excluding carboxylic acids is 2. The van der Waals surface area contributed by atoms with Gasteiger partial charge in [0, 0.05) is 30.9 Å². The summed E-state index contributed by atoms with van der Waals surface area (Å²) in [6, 6.07) is 14.0. The van der Waals surface area contributed by atoms with E-state index in [0.717, 1.165) is 42.8 Å². The van der Waals surface area contributed by atoms with Gasteiger partial charge in [-0.15, -0.1) is 0 Å². The van der Waals surface area contributed by atoms with Crippen molar-refractivity contribution in [3.05, 3.63) is 59.9 Å². The van der Waals surface area contributed by atoms with Crippen LogP contribution in [0.4, 0.5) is 5.69 Å². The molecule has 2 heterocycles. The number of carbonyl (C=O) groups is 2. The van der Waals surface area contributed by atoms with E-state index in [2.05, 4.69) is 4.98 Å². The third kappa shape index (κ3) is 3.77. The molecule has 0 spiro atoms. The molecule has 1 aliphatic heterocycles. The summed E-state index contributed by atoms with van der Waals surface area (Å²) < 4.78 is 0. The normalized spacial score (nSPS) is 16.8. The Bertz CT molecular complexity index is 802. The number of rotatable bonds is 6. The lowest BCUT2D eigenvalue weighted by molar-refractivity contribution is -0.131. The monoisotopic (exact) mass is 349 g/mol.